The molecule has 0 radical (unpaired) electrons. The predicted octanol–water partition coefficient (Wildman–Crippen LogP) is 2.93. The predicted molar refractivity (Wildman–Crippen MR) is 94.7 cm³/mol. The van der Waals surface area contributed by atoms with Gasteiger partial charge in [-0.05, 0) is 51.1 Å². The van der Waals surface area contributed by atoms with Crippen molar-refractivity contribution in [3.63, 3.8) is 0 Å². The van der Waals surface area contributed by atoms with Gasteiger partial charge in [0.1, 0.15) is 0 Å². The number of nitro groups is 1. The van der Waals surface area contributed by atoms with Gasteiger partial charge in [0.15, 0.2) is 0 Å². The zero-order valence-electron chi connectivity index (χ0n) is 13.9. The van der Waals surface area contributed by atoms with Crippen LogP contribution in [0.4, 0.5) is 5.69 Å². The lowest BCUT2D eigenvalue weighted by Crippen LogP contribution is -2.43. The number of piperidine rings is 1. The number of nitrogens with one attached hydrogen (secondary N) is 1. The molecule has 2 fully saturated rings. The van der Waals surface area contributed by atoms with Crippen LogP contribution >= 0.6 is 12.4 Å². The minimum Gasteiger partial charge on any atom is -0.339 e. The van der Waals surface area contributed by atoms with Gasteiger partial charge in [-0.3, -0.25) is 14.9 Å². The molecule has 2 heterocycles. The molecule has 0 bridgehead atoms. The van der Waals surface area contributed by atoms with Gasteiger partial charge < -0.3 is 10.2 Å². The Morgan fingerprint density at radius 1 is 1.29 bits per heavy atom. The van der Waals surface area contributed by atoms with Crippen molar-refractivity contribution in [1.82, 2.24) is 10.2 Å². The Morgan fingerprint density at radius 2 is 2.00 bits per heavy atom. The first-order valence-corrected chi connectivity index (χ1v) is 8.34. The smallest absolute Gasteiger partial charge is 0.273 e. The van der Waals surface area contributed by atoms with Gasteiger partial charge in [0.25, 0.3) is 11.6 Å². The molecule has 0 saturated carbocycles. The van der Waals surface area contributed by atoms with Gasteiger partial charge in [0.05, 0.1) is 4.92 Å². The van der Waals surface area contributed by atoms with E-state index in [0.29, 0.717) is 23.1 Å². The quantitative estimate of drug-likeness (QED) is 0.669. The highest BCUT2D eigenvalue weighted by Gasteiger charge is 2.31. The normalized spacial score (nSPS) is 21.4. The summed E-state index contributed by atoms with van der Waals surface area (Å²) in [5, 5.41) is 14.6. The summed E-state index contributed by atoms with van der Waals surface area (Å²) in [7, 11) is 0. The van der Waals surface area contributed by atoms with Gasteiger partial charge in [0.2, 0.25) is 0 Å². The van der Waals surface area contributed by atoms with E-state index >= 15 is 0 Å². The van der Waals surface area contributed by atoms with E-state index in [1.807, 2.05) is 4.90 Å². The summed E-state index contributed by atoms with van der Waals surface area (Å²) in [5.41, 5.74) is 0.930. The molecule has 1 aromatic rings. The minimum atomic E-state index is -0.426. The Kier molecular flexibility index (Phi) is 6.18. The number of nitrogens with zero attached hydrogens (tertiary/aromatic N) is 2. The van der Waals surface area contributed by atoms with Crippen LogP contribution in [0.25, 0.3) is 0 Å². The van der Waals surface area contributed by atoms with E-state index in [-0.39, 0.29) is 24.0 Å². The maximum absolute atomic E-state index is 12.7. The number of benzene rings is 1. The lowest BCUT2D eigenvalue weighted by atomic mass is 9.88. The Morgan fingerprint density at radius 3 is 2.58 bits per heavy atom. The third kappa shape index (κ3) is 3.70. The molecule has 3 rings (SSSR count). The summed E-state index contributed by atoms with van der Waals surface area (Å²) >= 11 is 0. The molecule has 1 amide bonds. The SMILES string of the molecule is Cc1c(C(=O)N2CCC(C3CCCN3)CC2)cccc1[N+](=O)[O-].Cl. The zero-order chi connectivity index (χ0) is 16.4. The van der Waals surface area contributed by atoms with Gasteiger partial charge in [0, 0.05) is 36.3 Å². The highest BCUT2D eigenvalue weighted by atomic mass is 35.5. The highest BCUT2D eigenvalue weighted by Crippen LogP contribution is 2.28. The van der Waals surface area contributed by atoms with Crippen molar-refractivity contribution in [2.45, 2.75) is 38.6 Å². The van der Waals surface area contributed by atoms with Crippen LogP contribution in [0, 0.1) is 23.0 Å². The third-order valence-electron chi connectivity index (χ3n) is 5.23. The van der Waals surface area contributed by atoms with Gasteiger partial charge in [-0.15, -0.1) is 12.4 Å². The van der Waals surface area contributed by atoms with Crippen LogP contribution in [0.3, 0.4) is 0 Å². The van der Waals surface area contributed by atoms with Gasteiger partial charge in [-0.25, -0.2) is 0 Å². The van der Waals surface area contributed by atoms with E-state index in [0.717, 1.165) is 32.5 Å². The summed E-state index contributed by atoms with van der Waals surface area (Å²) in [4.78, 5) is 25.2. The first kappa shape index (κ1) is 18.7. The second-order valence-corrected chi connectivity index (χ2v) is 6.54. The molecular weight excluding hydrogens is 330 g/mol. The molecule has 1 aromatic carbocycles. The number of nitro benzene ring substituents is 1. The lowest BCUT2D eigenvalue weighted by Gasteiger charge is -2.35. The van der Waals surface area contributed by atoms with E-state index in [2.05, 4.69) is 5.32 Å². The molecule has 2 saturated heterocycles. The molecule has 0 aliphatic carbocycles. The molecule has 6 nitrogen and oxygen atoms in total. The fraction of sp³-hybridized carbons (Fsp3) is 0.588. The molecule has 0 aromatic heterocycles. The maximum atomic E-state index is 12.7. The van der Waals surface area contributed by atoms with Crippen LogP contribution in [0.15, 0.2) is 18.2 Å². The molecular formula is C17H24ClN3O3. The number of hydrogen-bond donors (Lipinski definition) is 1. The number of carbonyl (C=O) groups excluding carboxylic acids is 1. The summed E-state index contributed by atoms with van der Waals surface area (Å²) < 4.78 is 0. The second kappa shape index (κ2) is 7.94. The molecule has 2 aliphatic rings. The monoisotopic (exact) mass is 353 g/mol. The van der Waals surface area contributed by atoms with Crippen molar-refractivity contribution in [1.29, 1.82) is 0 Å². The fourth-order valence-corrected chi connectivity index (χ4v) is 3.84. The van der Waals surface area contributed by atoms with Crippen LogP contribution in [0.5, 0.6) is 0 Å². The van der Waals surface area contributed by atoms with E-state index in [4.69, 9.17) is 0 Å². The van der Waals surface area contributed by atoms with Gasteiger partial charge in [-0.2, -0.15) is 0 Å². The lowest BCUT2D eigenvalue weighted by molar-refractivity contribution is -0.385. The number of carbonyl (C=O) groups is 1. The Bertz CT molecular complexity index is 609. The molecule has 1 atom stereocenters. The highest BCUT2D eigenvalue weighted by molar-refractivity contribution is 5.96. The van der Waals surface area contributed by atoms with Crippen molar-refractivity contribution >= 4 is 24.0 Å². The van der Waals surface area contributed by atoms with Gasteiger partial charge >= 0.3 is 0 Å². The number of hydrogen-bond acceptors (Lipinski definition) is 4. The first-order valence-electron chi connectivity index (χ1n) is 8.34. The van der Waals surface area contributed by atoms with Crippen LogP contribution in [-0.4, -0.2) is 41.4 Å². The van der Waals surface area contributed by atoms with Crippen LogP contribution < -0.4 is 5.32 Å². The summed E-state index contributed by atoms with van der Waals surface area (Å²) in [6, 6.07) is 5.33. The van der Waals surface area contributed by atoms with Crippen LogP contribution in [0.1, 0.15) is 41.6 Å². The van der Waals surface area contributed by atoms with Gasteiger partial charge in [-0.1, -0.05) is 6.07 Å². The summed E-state index contributed by atoms with van der Waals surface area (Å²) in [6.45, 7) is 4.24. The Balaban J connectivity index is 0.00000208. The fourth-order valence-electron chi connectivity index (χ4n) is 3.84. The molecule has 1 unspecified atom stereocenters. The van der Waals surface area contributed by atoms with E-state index < -0.39 is 4.92 Å². The number of halogens is 1. The van der Waals surface area contributed by atoms with Crippen LogP contribution in [0.2, 0.25) is 0 Å². The van der Waals surface area contributed by atoms with Crippen molar-refractivity contribution < 1.29 is 9.72 Å². The molecule has 2 aliphatic heterocycles. The largest absolute Gasteiger partial charge is 0.339 e. The van der Waals surface area contributed by atoms with E-state index in [1.54, 1.807) is 19.1 Å². The molecule has 24 heavy (non-hydrogen) atoms. The molecule has 7 heteroatoms. The van der Waals surface area contributed by atoms with E-state index in [1.165, 1.54) is 18.9 Å². The van der Waals surface area contributed by atoms with Crippen molar-refractivity contribution in [2.75, 3.05) is 19.6 Å². The number of rotatable bonds is 3. The Hall–Kier alpha value is -1.66. The standard InChI is InChI=1S/C17H23N3O3.ClH/c1-12-14(4-2-6-16(12)20(22)23)17(21)19-10-7-13(8-11-19)15-5-3-9-18-15;/h2,4,6,13,15,18H,3,5,7-11H2,1H3;1H. The minimum absolute atomic E-state index is 0. The summed E-state index contributed by atoms with van der Waals surface area (Å²) in [6.07, 6.45) is 4.51. The molecule has 132 valence electrons. The van der Waals surface area contributed by atoms with Crippen molar-refractivity contribution in [2.24, 2.45) is 5.92 Å². The van der Waals surface area contributed by atoms with E-state index in [9.17, 15) is 14.9 Å². The average Bonchev–Trinajstić information content (AvgIpc) is 3.09. The van der Waals surface area contributed by atoms with Crippen molar-refractivity contribution in [3.8, 4) is 0 Å². The zero-order valence-corrected chi connectivity index (χ0v) is 14.7. The first-order chi connectivity index (χ1) is 11.1. The van der Waals surface area contributed by atoms with Crippen LogP contribution in [-0.2, 0) is 0 Å². The Labute approximate surface area is 148 Å². The number of likely N-dealkylation sites (tertiary alicyclic amines) is 1. The average molecular weight is 354 g/mol. The molecule has 0 spiro atoms. The summed E-state index contributed by atoms with van der Waals surface area (Å²) in [5.74, 6) is 0.566. The maximum Gasteiger partial charge on any atom is 0.273 e. The third-order valence-corrected chi connectivity index (χ3v) is 5.23. The van der Waals surface area contributed by atoms with Crippen molar-refractivity contribution in [3.05, 3.63) is 39.4 Å². The number of amides is 1. The topological polar surface area (TPSA) is 75.5 Å². The molecule has 1 N–H and O–H groups in total. The second-order valence-electron chi connectivity index (χ2n) is 6.54.